The van der Waals surface area contributed by atoms with Gasteiger partial charge in [-0.05, 0) is 0 Å². The van der Waals surface area contributed by atoms with E-state index in [1.807, 2.05) is 0 Å². The van der Waals surface area contributed by atoms with E-state index in [2.05, 4.69) is 21.2 Å². The molecule has 0 radical (unpaired) electrons. The van der Waals surface area contributed by atoms with E-state index in [-0.39, 0.29) is 24.1 Å². The van der Waals surface area contributed by atoms with Gasteiger partial charge in [-0.3, -0.25) is 14.4 Å². The molecular weight excluding hydrogens is 212 g/mol. The van der Waals surface area contributed by atoms with Crippen molar-refractivity contribution in [2.75, 3.05) is 13.1 Å². The molecule has 0 atom stereocenters. The van der Waals surface area contributed by atoms with E-state index >= 15 is 0 Å². The van der Waals surface area contributed by atoms with Crippen LogP contribution >= 0.6 is 0 Å². The molecule has 7 heteroatoms. The van der Waals surface area contributed by atoms with E-state index in [0.717, 1.165) is 0 Å². The highest BCUT2D eigenvalue weighted by Crippen LogP contribution is 1.98. The quantitative estimate of drug-likeness (QED) is 0.509. The molecule has 0 saturated heterocycles. The molecule has 0 unspecified atom stereocenters. The Morgan fingerprint density at radius 2 is 2.00 bits per heavy atom. The lowest BCUT2D eigenvalue weighted by molar-refractivity contribution is -0.121. The van der Waals surface area contributed by atoms with Crippen LogP contribution in [0, 0.1) is 0 Å². The fraction of sp³-hybridized carbons (Fsp3) is 0.556. The van der Waals surface area contributed by atoms with Gasteiger partial charge in [0.05, 0.1) is 0 Å². The topological polar surface area (TPSA) is 99.7 Å². The lowest BCUT2D eigenvalue weighted by Gasteiger charge is -2.11. The highest BCUT2D eigenvalue weighted by Gasteiger charge is 2.17. The van der Waals surface area contributed by atoms with Gasteiger partial charge in [0.25, 0.3) is 5.91 Å². The summed E-state index contributed by atoms with van der Waals surface area (Å²) in [6, 6.07) is 0. The van der Waals surface area contributed by atoms with Crippen LogP contribution in [-0.2, 0) is 14.4 Å². The smallest absolute Gasteiger partial charge is 0.267 e. The lowest BCUT2D eigenvalue weighted by Crippen LogP contribution is -2.40. The van der Waals surface area contributed by atoms with Crippen LogP contribution in [0.5, 0.6) is 0 Å². The molecule has 1 aliphatic heterocycles. The molecule has 0 saturated carbocycles. The first-order valence-corrected chi connectivity index (χ1v) is 4.97. The molecule has 0 aromatic rings. The maximum absolute atomic E-state index is 11.4. The van der Waals surface area contributed by atoms with E-state index in [9.17, 15) is 14.4 Å². The van der Waals surface area contributed by atoms with Crippen LogP contribution in [0.1, 0.15) is 19.8 Å². The Kier molecular flexibility index (Phi) is 4.43. The summed E-state index contributed by atoms with van der Waals surface area (Å²) >= 11 is 0. The first kappa shape index (κ1) is 12.2. The monoisotopic (exact) mass is 226 g/mol. The third kappa shape index (κ3) is 4.07. The van der Waals surface area contributed by atoms with Crippen LogP contribution in [0.4, 0.5) is 0 Å². The summed E-state index contributed by atoms with van der Waals surface area (Å²) in [5.74, 6) is -0.642. The fourth-order valence-electron chi connectivity index (χ4n) is 1.15. The average molecular weight is 226 g/mol. The highest BCUT2D eigenvalue weighted by atomic mass is 16.2. The van der Waals surface area contributed by atoms with Crippen molar-refractivity contribution in [3.63, 3.8) is 0 Å². The Hall–Kier alpha value is -1.92. The van der Waals surface area contributed by atoms with Gasteiger partial charge in [0, 0.05) is 32.9 Å². The van der Waals surface area contributed by atoms with Crippen LogP contribution in [0.3, 0.4) is 0 Å². The largest absolute Gasteiger partial charge is 0.355 e. The van der Waals surface area contributed by atoms with Crippen LogP contribution in [0.25, 0.3) is 0 Å². The van der Waals surface area contributed by atoms with Crippen LogP contribution in [0.15, 0.2) is 5.10 Å². The highest BCUT2D eigenvalue weighted by molar-refractivity contribution is 6.39. The number of carbonyl (C=O) groups excluding carboxylic acids is 3. The number of nitrogens with one attached hydrogen (secondary N) is 3. The number of hydrazone groups is 1. The van der Waals surface area contributed by atoms with E-state index in [4.69, 9.17) is 0 Å². The predicted molar refractivity (Wildman–Crippen MR) is 56.5 cm³/mol. The predicted octanol–water partition coefficient (Wildman–Crippen LogP) is -1.50. The van der Waals surface area contributed by atoms with Crippen molar-refractivity contribution in [1.29, 1.82) is 0 Å². The first-order valence-electron chi connectivity index (χ1n) is 4.97. The molecule has 7 nitrogen and oxygen atoms in total. The minimum atomic E-state index is -0.314. The number of rotatable bonds is 4. The Morgan fingerprint density at radius 1 is 1.31 bits per heavy atom. The Labute approximate surface area is 92.7 Å². The summed E-state index contributed by atoms with van der Waals surface area (Å²) in [6.45, 7) is 2.12. The SMILES string of the molecule is CC(=O)NCCNC(=O)C1=NNC(=O)CC1. The third-order valence-corrected chi connectivity index (χ3v) is 1.95. The molecule has 3 amide bonds. The molecule has 0 spiro atoms. The molecule has 0 aromatic carbocycles. The Balaban J connectivity index is 2.25. The van der Waals surface area contributed by atoms with Crippen LogP contribution < -0.4 is 16.1 Å². The summed E-state index contributed by atoms with van der Waals surface area (Å²) in [5.41, 5.74) is 2.55. The Bertz CT molecular complexity index is 338. The zero-order valence-electron chi connectivity index (χ0n) is 9.00. The molecule has 0 aliphatic carbocycles. The van der Waals surface area contributed by atoms with E-state index in [1.54, 1.807) is 0 Å². The molecule has 0 aromatic heterocycles. The van der Waals surface area contributed by atoms with Crippen LogP contribution in [-0.4, -0.2) is 36.5 Å². The molecule has 0 bridgehead atoms. The summed E-state index contributed by atoms with van der Waals surface area (Å²) in [5, 5.41) is 8.78. The second-order valence-electron chi connectivity index (χ2n) is 3.33. The minimum absolute atomic E-state index is 0.142. The van der Waals surface area contributed by atoms with Gasteiger partial charge in [0.1, 0.15) is 5.71 Å². The second-order valence-corrected chi connectivity index (χ2v) is 3.33. The van der Waals surface area contributed by atoms with Crippen molar-refractivity contribution in [3.05, 3.63) is 0 Å². The minimum Gasteiger partial charge on any atom is -0.355 e. The van der Waals surface area contributed by atoms with Gasteiger partial charge < -0.3 is 10.6 Å². The number of hydrogen-bond donors (Lipinski definition) is 3. The zero-order chi connectivity index (χ0) is 12.0. The lowest BCUT2D eigenvalue weighted by atomic mass is 10.1. The molecule has 88 valence electrons. The molecule has 1 rings (SSSR count). The van der Waals surface area contributed by atoms with Gasteiger partial charge in [-0.25, -0.2) is 5.43 Å². The van der Waals surface area contributed by atoms with Gasteiger partial charge >= 0.3 is 0 Å². The average Bonchev–Trinajstić information content (AvgIpc) is 2.25. The molecule has 1 heterocycles. The van der Waals surface area contributed by atoms with Crippen molar-refractivity contribution >= 4 is 23.4 Å². The normalized spacial score (nSPS) is 14.8. The summed E-state index contributed by atoms with van der Waals surface area (Å²) in [4.78, 5) is 32.7. The third-order valence-electron chi connectivity index (χ3n) is 1.95. The summed E-state index contributed by atoms with van der Waals surface area (Å²) in [6.07, 6.45) is 0.621. The van der Waals surface area contributed by atoms with Crippen molar-refractivity contribution in [2.24, 2.45) is 5.10 Å². The first-order chi connectivity index (χ1) is 7.59. The Morgan fingerprint density at radius 3 is 2.56 bits per heavy atom. The molecule has 1 aliphatic rings. The standard InChI is InChI=1S/C9H14N4O3/c1-6(14)10-4-5-11-9(16)7-2-3-8(15)13-12-7/h2-5H2,1H3,(H,10,14)(H,11,16)(H,13,15). The zero-order valence-corrected chi connectivity index (χ0v) is 9.00. The van der Waals surface area contributed by atoms with Crippen LogP contribution in [0.2, 0.25) is 0 Å². The van der Waals surface area contributed by atoms with Gasteiger partial charge in [-0.2, -0.15) is 5.10 Å². The molecule has 16 heavy (non-hydrogen) atoms. The number of nitrogens with zero attached hydrogens (tertiary/aromatic N) is 1. The number of amides is 3. The maximum Gasteiger partial charge on any atom is 0.267 e. The molecular formula is C9H14N4O3. The number of carbonyl (C=O) groups is 3. The fourth-order valence-corrected chi connectivity index (χ4v) is 1.15. The van der Waals surface area contributed by atoms with Gasteiger partial charge in [0.2, 0.25) is 11.8 Å². The van der Waals surface area contributed by atoms with Gasteiger partial charge in [-0.15, -0.1) is 0 Å². The number of hydrogen-bond acceptors (Lipinski definition) is 4. The summed E-state index contributed by atoms with van der Waals surface area (Å²) < 4.78 is 0. The van der Waals surface area contributed by atoms with Crippen molar-refractivity contribution in [3.8, 4) is 0 Å². The van der Waals surface area contributed by atoms with Gasteiger partial charge in [0.15, 0.2) is 0 Å². The maximum atomic E-state index is 11.4. The van der Waals surface area contributed by atoms with Crippen molar-refractivity contribution in [1.82, 2.24) is 16.1 Å². The molecule has 0 fully saturated rings. The molecule has 3 N–H and O–H groups in total. The summed E-state index contributed by atoms with van der Waals surface area (Å²) in [7, 11) is 0. The van der Waals surface area contributed by atoms with E-state index in [1.165, 1.54) is 6.92 Å². The van der Waals surface area contributed by atoms with E-state index < -0.39 is 0 Å². The van der Waals surface area contributed by atoms with Crippen molar-refractivity contribution in [2.45, 2.75) is 19.8 Å². The van der Waals surface area contributed by atoms with Gasteiger partial charge in [-0.1, -0.05) is 0 Å². The second kappa shape index (κ2) is 5.84. The van der Waals surface area contributed by atoms with Crippen molar-refractivity contribution < 1.29 is 14.4 Å². The van der Waals surface area contributed by atoms with E-state index in [0.29, 0.717) is 25.2 Å².